The lowest BCUT2D eigenvalue weighted by atomic mass is 10.4. The van der Waals surface area contributed by atoms with Crippen LogP contribution in [0.4, 0.5) is 0 Å². The minimum atomic E-state index is -2.78. The Morgan fingerprint density at radius 2 is 2.00 bits per heavy atom. The summed E-state index contributed by atoms with van der Waals surface area (Å²) in [7, 11) is -2.78. The van der Waals surface area contributed by atoms with E-state index in [1.807, 2.05) is 20.8 Å². The van der Waals surface area contributed by atoms with Crippen molar-refractivity contribution in [1.29, 1.82) is 0 Å². The Bertz CT molecular complexity index is 134. The van der Waals surface area contributed by atoms with E-state index in [4.69, 9.17) is 0 Å². The van der Waals surface area contributed by atoms with Crippen LogP contribution in [0.25, 0.3) is 0 Å². The second-order valence-corrected chi connectivity index (χ2v) is 5.58. The van der Waals surface area contributed by atoms with E-state index in [1.165, 1.54) is 0 Å². The van der Waals surface area contributed by atoms with Gasteiger partial charge < -0.3 is 4.89 Å². The van der Waals surface area contributed by atoms with Gasteiger partial charge in [0.2, 0.25) is 7.37 Å². The molecule has 2 unspecified atom stereocenters. The summed E-state index contributed by atoms with van der Waals surface area (Å²) in [5, 5.41) is 0. The van der Waals surface area contributed by atoms with Crippen LogP contribution in [-0.4, -0.2) is 16.7 Å². The minimum absolute atomic E-state index is 0.0209. The van der Waals surface area contributed by atoms with Gasteiger partial charge in [-0.25, -0.2) is 0 Å². The van der Waals surface area contributed by atoms with Gasteiger partial charge in [-0.3, -0.25) is 4.57 Å². The van der Waals surface area contributed by atoms with Gasteiger partial charge in [-0.1, -0.05) is 20.8 Å². The smallest absolute Gasteiger partial charge is 0.203 e. The molecule has 3 heteroatoms. The van der Waals surface area contributed by atoms with Crippen LogP contribution < -0.4 is 0 Å². The first-order chi connectivity index (χ1) is 4.54. The lowest BCUT2D eigenvalue weighted by Gasteiger charge is -2.16. The average Bonchev–Trinajstić information content (AvgIpc) is 1.86. The van der Waals surface area contributed by atoms with Crippen molar-refractivity contribution in [3.8, 4) is 0 Å². The summed E-state index contributed by atoms with van der Waals surface area (Å²) in [6, 6.07) is 0. The zero-order chi connectivity index (χ0) is 8.20. The van der Waals surface area contributed by atoms with E-state index < -0.39 is 7.37 Å². The summed E-state index contributed by atoms with van der Waals surface area (Å²) in [4.78, 5) is 9.34. The minimum Gasteiger partial charge on any atom is -0.344 e. The Balaban J connectivity index is 3.97. The highest BCUT2D eigenvalue weighted by Crippen LogP contribution is 2.47. The van der Waals surface area contributed by atoms with Gasteiger partial charge >= 0.3 is 0 Å². The second-order valence-electron chi connectivity index (χ2n) is 2.74. The molecule has 0 aliphatic rings. The van der Waals surface area contributed by atoms with E-state index in [2.05, 4.69) is 0 Å². The zero-order valence-electron chi connectivity index (χ0n) is 7.00. The number of hydrogen-bond acceptors (Lipinski definition) is 1. The maximum Gasteiger partial charge on any atom is 0.203 e. The average molecular weight is 164 g/mol. The van der Waals surface area contributed by atoms with Crippen molar-refractivity contribution < 1.29 is 9.46 Å². The number of rotatable bonds is 4. The quantitative estimate of drug-likeness (QED) is 0.648. The molecule has 0 bridgehead atoms. The van der Waals surface area contributed by atoms with E-state index in [1.54, 1.807) is 0 Å². The molecule has 0 aliphatic heterocycles. The summed E-state index contributed by atoms with van der Waals surface area (Å²) in [6.45, 7) is 5.73. The lowest BCUT2D eigenvalue weighted by molar-refractivity contribution is 0.462. The van der Waals surface area contributed by atoms with E-state index in [0.717, 1.165) is 12.8 Å². The molecule has 62 valence electrons. The van der Waals surface area contributed by atoms with Crippen LogP contribution in [0.15, 0.2) is 0 Å². The maximum atomic E-state index is 11.3. The summed E-state index contributed by atoms with van der Waals surface area (Å²) < 4.78 is 11.3. The Morgan fingerprint density at radius 3 is 2.30 bits per heavy atom. The largest absolute Gasteiger partial charge is 0.344 e. The molecule has 0 saturated carbocycles. The molecule has 0 spiro atoms. The fourth-order valence-corrected chi connectivity index (χ4v) is 2.48. The first kappa shape index (κ1) is 10.2. The van der Waals surface area contributed by atoms with Crippen LogP contribution in [0.2, 0.25) is 0 Å². The summed E-state index contributed by atoms with van der Waals surface area (Å²) >= 11 is 0. The van der Waals surface area contributed by atoms with Gasteiger partial charge in [0.05, 0.1) is 0 Å². The number of hydrogen-bond donors (Lipinski definition) is 1. The van der Waals surface area contributed by atoms with Crippen LogP contribution in [-0.2, 0) is 4.57 Å². The van der Waals surface area contributed by atoms with Crippen LogP contribution >= 0.6 is 7.37 Å². The third-order valence-electron chi connectivity index (χ3n) is 1.82. The zero-order valence-corrected chi connectivity index (χ0v) is 7.90. The van der Waals surface area contributed by atoms with Crippen LogP contribution in [0.1, 0.15) is 33.6 Å². The third kappa shape index (κ3) is 2.85. The summed E-state index contributed by atoms with van der Waals surface area (Å²) in [5.74, 6) is 0. The molecule has 0 radical (unpaired) electrons. The standard InChI is InChI=1S/C7H17O2P/c1-4-6-10(8,9)7(3)5-2/h7H,4-6H2,1-3H3,(H,8,9). The summed E-state index contributed by atoms with van der Waals surface area (Å²) in [5.41, 5.74) is -0.0209. The van der Waals surface area contributed by atoms with Crippen LogP contribution in [0.5, 0.6) is 0 Å². The van der Waals surface area contributed by atoms with Gasteiger partial charge in [0, 0.05) is 11.8 Å². The molecule has 0 aromatic rings. The second kappa shape index (κ2) is 4.15. The van der Waals surface area contributed by atoms with Crippen LogP contribution in [0, 0.1) is 0 Å². The van der Waals surface area contributed by atoms with E-state index in [0.29, 0.717) is 6.16 Å². The third-order valence-corrected chi connectivity index (χ3v) is 4.65. The molecular weight excluding hydrogens is 147 g/mol. The van der Waals surface area contributed by atoms with E-state index in [9.17, 15) is 9.46 Å². The predicted molar refractivity (Wildman–Crippen MR) is 44.7 cm³/mol. The van der Waals surface area contributed by atoms with Gasteiger partial charge in [-0.05, 0) is 12.8 Å². The molecule has 0 amide bonds. The predicted octanol–water partition coefficient (Wildman–Crippen LogP) is 2.47. The summed E-state index contributed by atoms with van der Waals surface area (Å²) in [6.07, 6.45) is 2.08. The van der Waals surface area contributed by atoms with Gasteiger partial charge in [-0.2, -0.15) is 0 Å². The van der Waals surface area contributed by atoms with Crippen molar-refractivity contribution in [1.82, 2.24) is 0 Å². The van der Waals surface area contributed by atoms with E-state index >= 15 is 0 Å². The normalized spacial score (nSPS) is 20.0. The lowest BCUT2D eigenvalue weighted by Crippen LogP contribution is -2.03. The van der Waals surface area contributed by atoms with Crippen molar-refractivity contribution in [3.05, 3.63) is 0 Å². The monoisotopic (exact) mass is 164 g/mol. The molecule has 0 aliphatic carbocycles. The molecule has 0 saturated heterocycles. The highest BCUT2D eigenvalue weighted by atomic mass is 31.2. The molecule has 0 heterocycles. The fourth-order valence-electron chi connectivity index (χ4n) is 0.826. The van der Waals surface area contributed by atoms with E-state index in [-0.39, 0.29) is 5.66 Å². The Labute approximate surface area is 63.1 Å². The van der Waals surface area contributed by atoms with Crippen molar-refractivity contribution in [2.24, 2.45) is 0 Å². The molecule has 1 N–H and O–H groups in total. The Morgan fingerprint density at radius 1 is 1.50 bits per heavy atom. The van der Waals surface area contributed by atoms with Gasteiger partial charge in [0.1, 0.15) is 0 Å². The first-order valence-electron chi connectivity index (χ1n) is 3.86. The molecule has 0 aromatic heterocycles. The fraction of sp³-hybridized carbons (Fsp3) is 1.00. The Hall–Kier alpha value is 0.190. The molecule has 10 heavy (non-hydrogen) atoms. The van der Waals surface area contributed by atoms with Gasteiger partial charge in [-0.15, -0.1) is 0 Å². The van der Waals surface area contributed by atoms with Crippen molar-refractivity contribution in [3.63, 3.8) is 0 Å². The van der Waals surface area contributed by atoms with Crippen molar-refractivity contribution in [2.45, 2.75) is 39.3 Å². The topological polar surface area (TPSA) is 37.3 Å². The molecule has 2 nitrogen and oxygen atoms in total. The maximum absolute atomic E-state index is 11.3. The van der Waals surface area contributed by atoms with Crippen molar-refractivity contribution in [2.75, 3.05) is 6.16 Å². The van der Waals surface area contributed by atoms with Gasteiger partial charge in [0.15, 0.2) is 0 Å². The van der Waals surface area contributed by atoms with Crippen molar-refractivity contribution >= 4 is 7.37 Å². The molecule has 2 atom stereocenters. The van der Waals surface area contributed by atoms with Crippen LogP contribution in [0.3, 0.4) is 0 Å². The SMILES string of the molecule is CCCP(=O)(O)C(C)CC. The highest BCUT2D eigenvalue weighted by molar-refractivity contribution is 7.58. The molecule has 0 aromatic carbocycles. The molecule has 0 fully saturated rings. The first-order valence-corrected chi connectivity index (χ1v) is 5.77. The molecular formula is C7H17O2P. The Kier molecular flexibility index (Phi) is 4.23. The highest BCUT2D eigenvalue weighted by Gasteiger charge is 2.23. The molecule has 0 rings (SSSR count). The van der Waals surface area contributed by atoms with Gasteiger partial charge in [0.25, 0.3) is 0 Å².